The van der Waals surface area contributed by atoms with Crippen molar-refractivity contribution in [2.45, 2.75) is 6.54 Å². The van der Waals surface area contributed by atoms with Crippen LogP contribution in [0.3, 0.4) is 0 Å². The summed E-state index contributed by atoms with van der Waals surface area (Å²) < 4.78 is 10.8. The zero-order chi connectivity index (χ0) is 16.4. The topological polar surface area (TPSA) is 67.8 Å². The number of piperazine rings is 1. The summed E-state index contributed by atoms with van der Waals surface area (Å²) in [5, 5.41) is 0. The maximum atomic E-state index is 12.4. The van der Waals surface area contributed by atoms with Crippen molar-refractivity contribution in [3.8, 4) is 11.5 Å². The third-order valence-electron chi connectivity index (χ3n) is 4.30. The Balaban J connectivity index is 1.34. The van der Waals surface area contributed by atoms with Gasteiger partial charge in [-0.3, -0.25) is 9.69 Å². The third kappa shape index (κ3) is 3.03. The van der Waals surface area contributed by atoms with Gasteiger partial charge in [0.1, 0.15) is 12.0 Å². The van der Waals surface area contributed by atoms with E-state index in [0.717, 1.165) is 31.1 Å². The van der Waals surface area contributed by atoms with E-state index < -0.39 is 0 Å². The number of aromatic nitrogens is 2. The molecule has 2 aliphatic heterocycles. The highest BCUT2D eigenvalue weighted by molar-refractivity contribution is 5.92. The number of hydrogen-bond acceptors (Lipinski definition) is 6. The Morgan fingerprint density at radius 1 is 1.08 bits per heavy atom. The standard InChI is InChI=1S/C17H18N4O3/c22-17(14-3-4-18-11-19-14)21-7-5-20(6-8-21)10-13-1-2-15-16(9-13)24-12-23-15/h1-4,9,11H,5-8,10,12H2. The molecule has 124 valence electrons. The smallest absolute Gasteiger partial charge is 0.272 e. The Morgan fingerprint density at radius 3 is 2.71 bits per heavy atom. The number of carbonyl (C=O) groups excluding carboxylic acids is 1. The number of benzene rings is 1. The molecule has 3 heterocycles. The van der Waals surface area contributed by atoms with Gasteiger partial charge in [-0.05, 0) is 23.8 Å². The van der Waals surface area contributed by atoms with Crippen LogP contribution in [0, 0.1) is 0 Å². The van der Waals surface area contributed by atoms with E-state index in [9.17, 15) is 4.79 Å². The molecule has 1 aromatic heterocycles. The first-order chi connectivity index (χ1) is 11.8. The summed E-state index contributed by atoms with van der Waals surface area (Å²) >= 11 is 0. The van der Waals surface area contributed by atoms with Crippen molar-refractivity contribution in [2.24, 2.45) is 0 Å². The minimum Gasteiger partial charge on any atom is -0.454 e. The summed E-state index contributed by atoms with van der Waals surface area (Å²) in [5.41, 5.74) is 1.64. The van der Waals surface area contributed by atoms with Crippen LogP contribution in [0.5, 0.6) is 11.5 Å². The molecule has 0 unspecified atom stereocenters. The highest BCUT2D eigenvalue weighted by Gasteiger charge is 2.23. The molecule has 1 aromatic carbocycles. The lowest BCUT2D eigenvalue weighted by molar-refractivity contribution is 0.0622. The summed E-state index contributed by atoms with van der Waals surface area (Å²) in [6.45, 7) is 4.21. The molecule has 0 saturated carbocycles. The molecule has 0 spiro atoms. The van der Waals surface area contributed by atoms with E-state index in [1.807, 2.05) is 17.0 Å². The van der Waals surface area contributed by atoms with Gasteiger partial charge in [-0.15, -0.1) is 0 Å². The van der Waals surface area contributed by atoms with Gasteiger partial charge in [0.2, 0.25) is 6.79 Å². The average molecular weight is 326 g/mol. The van der Waals surface area contributed by atoms with Crippen LogP contribution in [-0.4, -0.2) is 58.6 Å². The molecule has 0 N–H and O–H groups in total. The number of hydrogen-bond donors (Lipinski definition) is 0. The number of fused-ring (bicyclic) bond motifs is 1. The quantitative estimate of drug-likeness (QED) is 0.843. The number of amides is 1. The van der Waals surface area contributed by atoms with Gasteiger partial charge < -0.3 is 14.4 Å². The van der Waals surface area contributed by atoms with Crippen molar-refractivity contribution in [1.29, 1.82) is 0 Å². The van der Waals surface area contributed by atoms with Gasteiger partial charge in [0.15, 0.2) is 11.5 Å². The second kappa shape index (κ2) is 6.45. The first-order valence-electron chi connectivity index (χ1n) is 7.96. The van der Waals surface area contributed by atoms with E-state index in [1.165, 1.54) is 11.9 Å². The van der Waals surface area contributed by atoms with Crippen molar-refractivity contribution in [3.05, 3.63) is 48.0 Å². The predicted octanol–water partition coefficient (Wildman–Crippen LogP) is 1.16. The molecule has 0 atom stereocenters. The van der Waals surface area contributed by atoms with Gasteiger partial charge >= 0.3 is 0 Å². The molecule has 1 fully saturated rings. The summed E-state index contributed by atoms with van der Waals surface area (Å²) in [4.78, 5) is 24.4. The molecule has 2 aliphatic rings. The molecule has 7 heteroatoms. The van der Waals surface area contributed by atoms with Crippen molar-refractivity contribution in [3.63, 3.8) is 0 Å². The zero-order valence-corrected chi connectivity index (χ0v) is 13.2. The molecule has 24 heavy (non-hydrogen) atoms. The van der Waals surface area contributed by atoms with Gasteiger partial charge in [0, 0.05) is 38.9 Å². The normalized spacial score (nSPS) is 17.1. The zero-order valence-electron chi connectivity index (χ0n) is 13.2. The van der Waals surface area contributed by atoms with Crippen molar-refractivity contribution >= 4 is 5.91 Å². The summed E-state index contributed by atoms with van der Waals surface area (Å²) in [7, 11) is 0. The highest BCUT2D eigenvalue weighted by atomic mass is 16.7. The molecular formula is C17H18N4O3. The van der Waals surface area contributed by atoms with Crippen LogP contribution in [0.4, 0.5) is 0 Å². The molecule has 2 aromatic rings. The second-order valence-electron chi connectivity index (χ2n) is 5.85. The van der Waals surface area contributed by atoms with Crippen LogP contribution in [0.1, 0.15) is 16.1 Å². The Labute approximate surface area is 139 Å². The fourth-order valence-corrected chi connectivity index (χ4v) is 2.99. The largest absolute Gasteiger partial charge is 0.454 e. The van der Waals surface area contributed by atoms with Gasteiger partial charge in [-0.1, -0.05) is 6.07 Å². The minimum absolute atomic E-state index is 0.0277. The van der Waals surface area contributed by atoms with E-state index in [4.69, 9.17) is 9.47 Å². The maximum absolute atomic E-state index is 12.4. The lowest BCUT2D eigenvalue weighted by atomic mass is 10.1. The first kappa shape index (κ1) is 14.9. The summed E-state index contributed by atoms with van der Waals surface area (Å²) in [5.74, 6) is 1.59. The van der Waals surface area contributed by atoms with Crippen molar-refractivity contribution < 1.29 is 14.3 Å². The number of carbonyl (C=O) groups is 1. The first-order valence-corrected chi connectivity index (χ1v) is 7.96. The molecule has 0 radical (unpaired) electrons. The van der Waals surface area contributed by atoms with Crippen LogP contribution in [0.2, 0.25) is 0 Å². The van der Waals surface area contributed by atoms with Gasteiger partial charge in [-0.2, -0.15) is 0 Å². The fraction of sp³-hybridized carbons (Fsp3) is 0.353. The van der Waals surface area contributed by atoms with Gasteiger partial charge in [0.25, 0.3) is 5.91 Å². The number of nitrogens with zero attached hydrogens (tertiary/aromatic N) is 4. The number of rotatable bonds is 3. The van der Waals surface area contributed by atoms with Crippen LogP contribution in [0.25, 0.3) is 0 Å². The maximum Gasteiger partial charge on any atom is 0.272 e. The molecule has 0 bridgehead atoms. The molecule has 4 rings (SSSR count). The molecule has 7 nitrogen and oxygen atoms in total. The SMILES string of the molecule is O=C(c1ccncn1)N1CCN(Cc2ccc3c(c2)OCO3)CC1. The van der Waals surface area contributed by atoms with E-state index in [2.05, 4.69) is 20.9 Å². The Bertz CT molecular complexity index is 730. The summed E-state index contributed by atoms with van der Waals surface area (Å²) in [6.07, 6.45) is 3.00. The lowest BCUT2D eigenvalue weighted by Crippen LogP contribution is -2.48. The van der Waals surface area contributed by atoms with E-state index in [1.54, 1.807) is 12.3 Å². The van der Waals surface area contributed by atoms with Gasteiger partial charge in [-0.25, -0.2) is 9.97 Å². The Kier molecular flexibility index (Phi) is 4.00. The minimum atomic E-state index is -0.0277. The molecule has 1 saturated heterocycles. The predicted molar refractivity (Wildman–Crippen MR) is 85.8 cm³/mol. The Hall–Kier alpha value is -2.67. The van der Waals surface area contributed by atoms with Crippen molar-refractivity contribution in [1.82, 2.24) is 19.8 Å². The fourth-order valence-electron chi connectivity index (χ4n) is 2.99. The van der Waals surface area contributed by atoms with E-state index in [0.29, 0.717) is 25.6 Å². The summed E-state index contributed by atoms with van der Waals surface area (Å²) in [6, 6.07) is 7.69. The van der Waals surface area contributed by atoms with Crippen LogP contribution >= 0.6 is 0 Å². The van der Waals surface area contributed by atoms with Crippen LogP contribution in [-0.2, 0) is 6.54 Å². The highest BCUT2D eigenvalue weighted by Crippen LogP contribution is 2.32. The van der Waals surface area contributed by atoms with Gasteiger partial charge in [0.05, 0.1) is 0 Å². The third-order valence-corrected chi connectivity index (χ3v) is 4.30. The molecule has 1 amide bonds. The van der Waals surface area contributed by atoms with Crippen LogP contribution < -0.4 is 9.47 Å². The van der Waals surface area contributed by atoms with E-state index >= 15 is 0 Å². The van der Waals surface area contributed by atoms with E-state index in [-0.39, 0.29) is 5.91 Å². The molecule has 0 aliphatic carbocycles. The number of ether oxygens (including phenoxy) is 2. The van der Waals surface area contributed by atoms with Crippen LogP contribution in [0.15, 0.2) is 36.8 Å². The average Bonchev–Trinajstić information content (AvgIpc) is 3.10. The monoisotopic (exact) mass is 326 g/mol. The Morgan fingerprint density at radius 2 is 1.92 bits per heavy atom. The van der Waals surface area contributed by atoms with Crippen molar-refractivity contribution in [2.75, 3.05) is 33.0 Å². The molecular weight excluding hydrogens is 308 g/mol. The lowest BCUT2D eigenvalue weighted by Gasteiger charge is -2.34. The second-order valence-corrected chi connectivity index (χ2v) is 5.85.